The van der Waals surface area contributed by atoms with Crippen LogP contribution in [-0.4, -0.2) is 95.6 Å². The van der Waals surface area contributed by atoms with Crippen molar-refractivity contribution >= 4 is 0 Å². The fourth-order valence-corrected chi connectivity index (χ4v) is 5.93. The highest BCUT2D eigenvalue weighted by Gasteiger charge is 2.38. The van der Waals surface area contributed by atoms with Gasteiger partial charge in [-0.15, -0.1) is 0 Å². The van der Waals surface area contributed by atoms with Crippen LogP contribution in [0, 0.1) is 17.3 Å². The number of rotatable bonds is 7. The first-order valence-corrected chi connectivity index (χ1v) is 13.2. The molecule has 4 nitrogen and oxygen atoms in total. The molecule has 0 aliphatic carbocycles. The molecule has 3 saturated heterocycles. The maximum atomic E-state index is 2.79. The smallest absolute Gasteiger partial charge is 0.0154 e. The maximum Gasteiger partial charge on any atom is 0.0154 e. The third-order valence-corrected chi connectivity index (χ3v) is 8.90. The Morgan fingerprint density at radius 2 is 1.35 bits per heavy atom. The first-order valence-electron chi connectivity index (χ1n) is 13.2. The quantitative estimate of drug-likeness (QED) is 0.578. The monoisotopic (exact) mass is 434 g/mol. The van der Waals surface area contributed by atoms with E-state index in [1.165, 1.54) is 78.2 Å². The van der Waals surface area contributed by atoms with E-state index in [2.05, 4.69) is 81.9 Å². The summed E-state index contributed by atoms with van der Waals surface area (Å²) in [7, 11) is 0. The molecule has 3 fully saturated rings. The largest absolute Gasteiger partial charge is 0.302 e. The summed E-state index contributed by atoms with van der Waals surface area (Å²) in [5.41, 5.74) is 1.11. The predicted molar refractivity (Wildman–Crippen MR) is 135 cm³/mol. The molecule has 0 aromatic carbocycles. The van der Waals surface area contributed by atoms with Gasteiger partial charge in [-0.3, -0.25) is 9.80 Å². The maximum absolute atomic E-state index is 2.79. The van der Waals surface area contributed by atoms with Crippen LogP contribution < -0.4 is 0 Å². The highest BCUT2D eigenvalue weighted by molar-refractivity contribution is 4.92. The summed E-state index contributed by atoms with van der Waals surface area (Å²) in [6.45, 7) is 33.2. The van der Waals surface area contributed by atoms with Crippen molar-refractivity contribution in [3.05, 3.63) is 0 Å². The molecule has 0 N–H and O–H groups in total. The molecule has 0 saturated carbocycles. The zero-order valence-corrected chi connectivity index (χ0v) is 22.5. The molecule has 0 aromatic heterocycles. The molecule has 182 valence electrons. The van der Waals surface area contributed by atoms with Crippen molar-refractivity contribution in [1.82, 2.24) is 19.6 Å². The Balaban J connectivity index is 1.36. The highest BCUT2D eigenvalue weighted by atomic mass is 15.3. The van der Waals surface area contributed by atoms with Crippen molar-refractivity contribution in [2.75, 3.05) is 58.9 Å². The summed E-state index contributed by atoms with van der Waals surface area (Å²) in [5, 5.41) is 0. The highest BCUT2D eigenvalue weighted by Crippen LogP contribution is 2.35. The lowest BCUT2D eigenvalue weighted by atomic mass is 9.76. The normalized spacial score (nSPS) is 27.6. The first-order chi connectivity index (χ1) is 14.3. The minimum atomic E-state index is 0.306. The Hall–Kier alpha value is -0.160. The van der Waals surface area contributed by atoms with Gasteiger partial charge in [0.15, 0.2) is 0 Å². The van der Waals surface area contributed by atoms with E-state index in [1.807, 2.05) is 0 Å². The van der Waals surface area contributed by atoms with Crippen LogP contribution in [0.1, 0.15) is 81.6 Å². The number of hydrogen-bond acceptors (Lipinski definition) is 4. The van der Waals surface area contributed by atoms with Crippen LogP contribution >= 0.6 is 0 Å². The molecule has 3 aliphatic rings. The summed E-state index contributed by atoms with van der Waals surface area (Å²) < 4.78 is 0. The Morgan fingerprint density at radius 1 is 0.774 bits per heavy atom. The number of nitrogens with zero attached hydrogens (tertiary/aromatic N) is 4. The molecule has 0 bridgehead atoms. The van der Waals surface area contributed by atoms with Crippen molar-refractivity contribution in [2.24, 2.45) is 17.3 Å². The average molecular weight is 435 g/mol. The van der Waals surface area contributed by atoms with Crippen molar-refractivity contribution in [3.8, 4) is 0 Å². The van der Waals surface area contributed by atoms with Crippen molar-refractivity contribution in [2.45, 2.75) is 98.7 Å². The molecule has 0 amide bonds. The Kier molecular flexibility index (Phi) is 7.89. The van der Waals surface area contributed by atoms with Crippen LogP contribution in [0.25, 0.3) is 0 Å². The van der Waals surface area contributed by atoms with E-state index in [9.17, 15) is 0 Å². The minimum Gasteiger partial charge on any atom is -0.302 e. The van der Waals surface area contributed by atoms with Crippen LogP contribution in [-0.2, 0) is 0 Å². The molecule has 3 rings (SSSR count). The standard InChI is InChI=1S/C27H54N4/c1-22(10-12-27(8,9)31-16-14-30(15-17-31)26(5,6)7)29-13-11-23(19-29)18-28-20-24(21-28)25(2,3)4/h22-24H,10-21H2,1-9H3/t22?,23-/m1/s1. The second-order valence-electron chi connectivity index (χ2n) is 13.8. The average Bonchev–Trinajstić information content (AvgIpc) is 3.09. The van der Waals surface area contributed by atoms with Gasteiger partial charge in [-0.25, -0.2) is 0 Å². The fourth-order valence-electron chi connectivity index (χ4n) is 5.93. The molecule has 31 heavy (non-hydrogen) atoms. The van der Waals surface area contributed by atoms with Crippen LogP contribution in [0.2, 0.25) is 0 Å². The van der Waals surface area contributed by atoms with Gasteiger partial charge >= 0.3 is 0 Å². The van der Waals surface area contributed by atoms with Gasteiger partial charge in [-0.2, -0.15) is 0 Å². The number of likely N-dealkylation sites (tertiary alicyclic amines) is 2. The van der Waals surface area contributed by atoms with E-state index < -0.39 is 0 Å². The summed E-state index contributed by atoms with van der Waals surface area (Å²) in [5.74, 6) is 1.79. The summed E-state index contributed by atoms with van der Waals surface area (Å²) in [6.07, 6.45) is 4.04. The van der Waals surface area contributed by atoms with Gasteiger partial charge < -0.3 is 9.80 Å². The predicted octanol–water partition coefficient (Wildman–Crippen LogP) is 4.65. The van der Waals surface area contributed by atoms with E-state index in [0.717, 1.165) is 17.9 Å². The summed E-state index contributed by atoms with van der Waals surface area (Å²) >= 11 is 0. The van der Waals surface area contributed by atoms with Crippen molar-refractivity contribution in [1.29, 1.82) is 0 Å². The topological polar surface area (TPSA) is 13.0 Å². The zero-order valence-electron chi connectivity index (χ0n) is 22.5. The third-order valence-electron chi connectivity index (χ3n) is 8.90. The molecule has 1 unspecified atom stereocenters. The van der Waals surface area contributed by atoms with Crippen LogP contribution in [0.4, 0.5) is 0 Å². The van der Waals surface area contributed by atoms with Crippen LogP contribution in [0.15, 0.2) is 0 Å². The number of piperazine rings is 1. The van der Waals surface area contributed by atoms with Gasteiger partial charge in [0.05, 0.1) is 0 Å². The van der Waals surface area contributed by atoms with Crippen LogP contribution in [0.5, 0.6) is 0 Å². The van der Waals surface area contributed by atoms with Crippen molar-refractivity contribution in [3.63, 3.8) is 0 Å². The fraction of sp³-hybridized carbons (Fsp3) is 1.00. The van der Waals surface area contributed by atoms with E-state index in [4.69, 9.17) is 0 Å². The van der Waals surface area contributed by atoms with Gasteiger partial charge in [-0.05, 0) is 84.6 Å². The third kappa shape index (κ3) is 6.68. The second-order valence-corrected chi connectivity index (χ2v) is 13.8. The molecular weight excluding hydrogens is 380 g/mol. The minimum absolute atomic E-state index is 0.306. The Labute approximate surface area is 194 Å². The zero-order chi connectivity index (χ0) is 23.0. The van der Waals surface area contributed by atoms with Gasteiger partial charge in [0, 0.05) is 69.5 Å². The second kappa shape index (κ2) is 9.60. The Morgan fingerprint density at radius 3 is 1.90 bits per heavy atom. The van der Waals surface area contributed by atoms with Gasteiger partial charge in [0.25, 0.3) is 0 Å². The molecule has 0 radical (unpaired) electrons. The summed E-state index contributed by atoms with van der Waals surface area (Å²) in [6, 6.07) is 0.721. The van der Waals surface area contributed by atoms with E-state index in [-0.39, 0.29) is 0 Å². The molecule has 3 aliphatic heterocycles. The van der Waals surface area contributed by atoms with Gasteiger partial charge in [0.2, 0.25) is 0 Å². The molecule has 2 atom stereocenters. The lowest BCUT2D eigenvalue weighted by molar-refractivity contribution is 0.00774. The molecular formula is C27H54N4. The Bertz CT molecular complexity index is 559. The lowest BCUT2D eigenvalue weighted by Gasteiger charge is -2.48. The van der Waals surface area contributed by atoms with E-state index >= 15 is 0 Å². The molecule has 0 aromatic rings. The van der Waals surface area contributed by atoms with Crippen molar-refractivity contribution < 1.29 is 0 Å². The lowest BCUT2D eigenvalue weighted by Crippen LogP contribution is -2.58. The van der Waals surface area contributed by atoms with Crippen LogP contribution in [0.3, 0.4) is 0 Å². The van der Waals surface area contributed by atoms with E-state index in [0.29, 0.717) is 16.5 Å². The number of hydrogen-bond donors (Lipinski definition) is 0. The SMILES string of the molecule is CC(CCC(C)(C)N1CCN(C(C)(C)C)CC1)N1CC[C@H](CN2CC(C(C)(C)C)C2)C1. The molecule has 0 spiro atoms. The molecule has 4 heteroatoms. The molecule has 3 heterocycles. The first kappa shape index (κ1) is 25.5. The van der Waals surface area contributed by atoms with Gasteiger partial charge in [0.1, 0.15) is 0 Å². The van der Waals surface area contributed by atoms with E-state index in [1.54, 1.807) is 0 Å². The summed E-state index contributed by atoms with van der Waals surface area (Å²) in [4.78, 5) is 10.9. The van der Waals surface area contributed by atoms with Gasteiger partial charge in [-0.1, -0.05) is 20.8 Å².